The molecular formula is C36H34N4O4. The van der Waals surface area contributed by atoms with Crippen LogP contribution in [0.3, 0.4) is 0 Å². The van der Waals surface area contributed by atoms with Gasteiger partial charge in [-0.25, -0.2) is 0 Å². The van der Waals surface area contributed by atoms with Crippen molar-refractivity contribution in [1.29, 1.82) is 10.5 Å². The van der Waals surface area contributed by atoms with Crippen molar-refractivity contribution in [2.24, 2.45) is 0 Å². The first kappa shape index (κ1) is 31.1. The number of nitriles is 2. The third-order valence-corrected chi connectivity index (χ3v) is 6.96. The molecule has 0 heterocycles. The maximum atomic E-state index is 10.7. The first-order valence-corrected chi connectivity index (χ1v) is 13.8. The maximum Gasteiger partial charge on any atom is 0.161 e. The second-order valence-corrected chi connectivity index (χ2v) is 9.85. The fourth-order valence-electron chi connectivity index (χ4n) is 4.58. The molecule has 0 unspecified atom stereocenters. The summed E-state index contributed by atoms with van der Waals surface area (Å²) in [6.45, 7) is 4.00. The smallest absolute Gasteiger partial charge is 0.161 e. The van der Waals surface area contributed by atoms with Crippen molar-refractivity contribution in [2.75, 3.05) is 39.1 Å². The van der Waals surface area contributed by atoms with Crippen LogP contribution in [-0.4, -0.2) is 28.4 Å². The van der Waals surface area contributed by atoms with Crippen molar-refractivity contribution >= 4 is 22.5 Å². The molecule has 0 spiro atoms. The van der Waals surface area contributed by atoms with Crippen molar-refractivity contribution in [2.45, 2.75) is 13.8 Å². The first-order valence-electron chi connectivity index (χ1n) is 13.8. The lowest BCUT2D eigenvalue weighted by atomic mass is 9.96. The van der Waals surface area contributed by atoms with Crippen LogP contribution in [0.4, 0.5) is 11.4 Å². The fraction of sp³-hybridized carbons (Fsp3) is 0.167. The summed E-state index contributed by atoms with van der Waals surface area (Å²) in [4.78, 5) is 0. The summed E-state index contributed by atoms with van der Waals surface area (Å²) >= 11 is 0. The monoisotopic (exact) mass is 586 g/mol. The van der Waals surface area contributed by atoms with Gasteiger partial charge in [0.25, 0.3) is 0 Å². The minimum Gasteiger partial charge on any atom is -0.493 e. The molecule has 0 aliphatic carbocycles. The summed E-state index contributed by atoms with van der Waals surface area (Å²) in [6.07, 6.45) is 0. The van der Waals surface area contributed by atoms with E-state index in [2.05, 4.69) is 22.8 Å². The quantitative estimate of drug-likeness (QED) is 0.136. The van der Waals surface area contributed by atoms with E-state index in [1.165, 1.54) is 14.2 Å². The zero-order valence-corrected chi connectivity index (χ0v) is 25.6. The van der Waals surface area contributed by atoms with Gasteiger partial charge in [0, 0.05) is 11.4 Å². The molecule has 0 atom stereocenters. The predicted molar refractivity (Wildman–Crippen MR) is 174 cm³/mol. The normalized spacial score (nSPS) is 11.6. The van der Waals surface area contributed by atoms with Gasteiger partial charge >= 0.3 is 0 Å². The molecule has 2 N–H and O–H groups in total. The number of hydrogen-bond donors (Lipinski definition) is 2. The Bertz CT molecular complexity index is 1640. The third kappa shape index (κ3) is 6.95. The highest BCUT2D eigenvalue weighted by Crippen LogP contribution is 2.37. The van der Waals surface area contributed by atoms with Gasteiger partial charge in [-0.2, -0.15) is 10.5 Å². The van der Waals surface area contributed by atoms with Crippen LogP contribution in [0.5, 0.6) is 23.0 Å². The highest BCUT2D eigenvalue weighted by molar-refractivity contribution is 5.93. The van der Waals surface area contributed by atoms with Crippen LogP contribution in [0.2, 0.25) is 0 Å². The summed E-state index contributed by atoms with van der Waals surface area (Å²) in [6, 6.07) is 30.8. The molecule has 8 heteroatoms. The Labute approximate surface area is 258 Å². The zero-order chi connectivity index (χ0) is 31.6. The number of allylic oxidation sites excluding steroid dienone is 2. The summed E-state index contributed by atoms with van der Waals surface area (Å²) in [5, 5.41) is 28.3. The summed E-state index contributed by atoms with van der Waals surface area (Å²) in [5.41, 5.74) is 6.06. The number of aryl methyl sites for hydroxylation is 2. The molecule has 0 fully saturated rings. The van der Waals surface area contributed by atoms with Gasteiger partial charge in [-0.1, -0.05) is 35.4 Å². The lowest BCUT2D eigenvalue weighted by molar-refractivity contribution is 0.355. The molecule has 8 nitrogen and oxygen atoms in total. The highest BCUT2D eigenvalue weighted by atomic mass is 16.5. The van der Waals surface area contributed by atoms with Crippen LogP contribution in [-0.2, 0) is 0 Å². The van der Waals surface area contributed by atoms with E-state index in [0.29, 0.717) is 45.5 Å². The largest absolute Gasteiger partial charge is 0.493 e. The Hall–Kier alpha value is -5.86. The number of hydrogen-bond acceptors (Lipinski definition) is 8. The Morgan fingerprint density at radius 3 is 1.14 bits per heavy atom. The van der Waals surface area contributed by atoms with Crippen molar-refractivity contribution in [3.8, 4) is 35.1 Å². The topological polar surface area (TPSA) is 109 Å². The Balaban J connectivity index is 2.09. The second kappa shape index (κ2) is 14.4. The van der Waals surface area contributed by atoms with E-state index in [0.717, 1.165) is 22.5 Å². The number of ether oxygens (including phenoxy) is 4. The molecule has 4 aromatic carbocycles. The predicted octanol–water partition coefficient (Wildman–Crippen LogP) is 7.73. The van der Waals surface area contributed by atoms with E-state index >= 15 is 0 Å². The van der Waals surface area contributed by atoms with Crippen LogP contribution in [0.15, 0.2) is 96.3 Å². The molecule has 0 saturated carbocycles. The maximum absolute atomic E-state index is 10.7. The average molecular weight is 587 g/mol. The molecule has 0 bridgehead atoms. The van der Waals surface area contributed by atoms with Crippen molar-refractivity contribution in [1.82, 2.24) is 0 Å². The van der Waals surface area contributed by atoms with Crippen molar-refractivity contribution in [3.63, 3.8) is 0 Å². The van der Waals surface area contributed by atoms with Crippen LogP contribution in [0.1, 0.15) is 22.3 Å². The van der Waals surface area contributed by atoms with Crippen LogP contribution >= 0.6 is 0 Å². The molecule has 0 aromatic heterocycles. The van der Waals surface area contributed by atoms with E-state index in [1.807, 2.05) is 62.4 Å². The van der Waals surface area contributed by atoms with Crippen molar-refractivity contribution in [3.05, 3.63) is 119 Å². The van der Waals surface area contributed by atoms with Gasteiger partial charge in [0.1, 0.15) is 12.1 Å². The standard InChI is InChI=1S/C36H34N4O4/c1-23-7-13-27(14-8-23)39-35(29(21-37)25-11-17-31(41-3)33(19-25)43-5)36(40-28-15-9-24(2)10-16-28)30(22-38)26-12-18-32(42-4)34(20-26)44-6/h7-20,39-40H,1-6H3/b35-29-,36-30-. The molecular weight excluding hydrogens is 552 g/mol. The van der Waals surface area contributed by atoms with E-state index in [4.69, 9.17) is 18.9 Å². The van der Waals surface area contributed by atoms with Gasteiger partial charge in [0.2, 0.25) is 0 Å². The molecule has 222 valence electrons. The minimum absolute atomic E-state index is 0.273. The Kier molecular flexibility index (Phi) is 10.1. The molecule has 0 aliphatic rings. The summed E-state index contributed by atoms with van der Waals surface area (Å²) in [7, 11) is 6.19. The molecule has 4 rings (SSSR count). The van der Waals surface area contributed by atoms with Crippen LogP contribution in [0, 0.1) is 36.5 Å². The van der Waals surface area contributed by atoms with E-state index < -0.39 is 0 Å². The number of nitrogens with zero attached hydrogens (tertiary/aromatic N) is 2. The van der Waals surface area contributed by atoms with Crippen molar-refractivity contribution < 1.29 is 18.9 Å². The highest BCUT2D eigenvalue weighted by Gasteiger charge is 2.22. The number of nitrogens with one attached hydrogen (secondary N) is 2. The van der Waals surface area contributed by atoms with Crippen LogP contribution in [0.25, 0.3) is 11.1 Å². The summed E-state index contributed by atoms with van der Waals surface area (Å²) < 4.78 is 22.0. The zero-order valence-electron chi connectivity index (χ0n) is 25.6. The number of methoxy groups -OCH3 is 4. The van der Waals surface area contributed by atoms with E-state index in [1.54, 1.807) is 50.6 Å². The number of benzene rings is 4. The van der Waals surface area contributed by atoms with E-state index in [-0.39, 0.29) is 11.1 Å². The molecule has 44 heavy (non-hydrogen) atoms. The van der Waals surface area contributed by atoms with E-state index in [9.17, 15) is 10.5 Å². The van der Waals surface area contributed by atoms with Gasteiger partial charge in [-0.3, -0.25) is 0 Å². The lowest BCUT2D eigenvalue weighted by Gasteiger charge is -2.22. The molecule has 0 aliphatic heterocycles. The Morgan fingerprint density at radius 1 is 0.500 bits per heavy atom. The molecule has 0 saturated heterocycles. The fourth-order valence-corrected chi connectivity index (χ4v) is 4.58. The number of rotatable bonds is 11. The SMILES string of the molecule is COc1ccc(/C(C#N)=C(Nc2ccc(C)cc2)/C(Nc2ccc(C)cc2)=C(\C#N)c2ccc(OC)c(OC)c2)cc1OC. The summed E-state index contributed by atoms with van der Waals surface area (Å²) in [5.74, 6) is 1.98. The first-order chi connectivity index (χ1) is 21.3. The van der Waals surface area contributed by atoms with Crippen LogP contribution < -0.4 is 29.6 Å². The minimum atomic E-state index is 0.273. The molecule has 0 amide bonds. The van der Waals surface area contributed by atoms with Gasteiger partial charge < -0.3 is 29.6 Å². The molecule has 4 aromatic rings. The Morgan fingerprint density at radius 2 is 0.841 bits per heavy atom. The second-order valence-electron chi connectivity index (χ2n) is 9.85. The number of anilines is 2. The average Bonchev–Trinajstić information content (AvgIpc) is 3.06. The van der Waals surface area contributed by atoms with Gasteiger partial charge in [0.05, 0.1) is 51.0 Å². The lowest BCUT2D eigenvalue weighted by Crippen LogP contribution is -2.15. The van der Waals surface area contributed by atoms with Gasteiger partial charge in [-0.05, 0) is 85.6 Å². The molecule has 0 radical (unpaired) electrons. The van der Waals surface area contributed by atoms with Gasteiger partial charge in [-0.15, -0.1) is 0 Å². The van der Waals surface area contributed by atoms with Gasteiger partial charge in [0.15, 0.2) is 23.0 Å². The third-order valence-electron chi connectivity index (χ3n) is 6.96.